The first kappa shape index (κ1) is 38.3. The molecule has 294 valence electrons. The number of halogens is 1. The SMILES string of the molecule is CC(C)OC(=O)OCSP1(=O)OCC2OC(n3cnc4c(=O)[nH]c(N)nc43)C(F)C2OP(=O)(O)OCC2OC(n3cnc4c(=O)[nH]c(N)nc43)C(O1)C2O. The lowest BCUT2D eigenvalue weighted by Crippen LogP contribution is -2.35. The number of imidazole rings is 2. The summed E-state index contributed by atoms with van der Waals surface area (Å²) >= 11 is 0.300. The first-order valence-corrected chi connectivity index (χ1v) is 20.3. The number of nitrogens with one attached hydrogen (secondary N) is 2. The topological polar surface area (TPSA) is 345 Å². The zero-order chi connectivity index (χ0) is 38.7. The quantitative estimate of drug-likeness (QED) is 0.0858. The highest BCUT2D eigenvalue weighted by Gasteiger charge is 2.55. The molecule has 8 N–H and O–H groups in total. The number of H-pyrrole nitrogens is 2. The molecule has 4 aromatic heterocycles. The first-order chi connectivity index (χ1) is 25.5. The molecule has 2 bridgehead atoms. The molecule has 0 amide bonds. The highest BCUT2D eigenvalue weighted by atomic mass is 32.7. The van der Waals surface area contributed by atoms with Gasteiger partial charge in [-0.3, -0.25) is 46.8 Å². The molecule has 7 heterocycles. The van der Waals surface area contributed by atoms with Crippen LogP contribution in [0.3, 0.4) is 0 Å². The van der Waals surface area contributed by atoms with Crippen molar-refractivity contribution < 1.29 is 65.4 Å². The Hall–Kier alpha value is -4.01. The van der Waals surface area contributed by atoms with Crippen LogP contribution in [0.15, 0.2) is 22.2 Å². The minimum atomic E-state index is -5.25. The summed E-state index contributed by atoms with van der Waals surface area (Å²) in [6.45, 7) is -3.41. The van der Waals surface area contributed by atoms with Crippen LogP contribution < -0.4 is 22.6 Å². The molecule has 10 atom stereocenters. The van der Waals surface area contributed by atoms with Crippen molar-refractivity contribution in [1.82, 2.24) is 39.0 Å². The van der Waals surface area contributed by atoms with Gasteiger partial charge in [0.2, 0.25) is 11.9 Å². The first-order valence-electron chi connectivity index (χ1n) is 15.7. The monoisotopic (exact) mass is 824 g/mol. The molecule has 3 aliphatic rings. The summed E-state index contributed by atoms with van der Waals surface area (Å²) in [7, 11) is -5.25. The van der Waals surface area contributed by atoms with Crippen LogP contribution in [-0.2, 0) is 46.2 Å². The molecule has 0 aliphatic carbocycles. The molecule has 3 aliphatic heterocycles. The molecule has 0 spiro atoms. The Balaban J connectivity index is 1.24. The number of carbonyl (C=O) groups is 1. The van der Waals surface area contributed by atoms with Gasteiger partial charge in [-0.05, 0) is 13.8 Å². The smallest absolute Gasteiger partial charge is 0.432 e. The zero-order valence-electron chi connectivity index (χ0n) is 27.7. The average molecular weight is 825 g/mol. The second-order valence-electron chi connectivity index (χ2n) is 12.1. The third kappa shape index (κ3) is 7.48. The molecular weight excluding hydrogens is 793 g/mol. The lowest BCUT2D eigenvalue weighted by atomic mass is 10.1. The maximum Gasteiger partial charge on any atom is 0.509 e. The largest absolute Gasteiger partial charge is 0.509 e. The number of fused-ring (bicyclic) bond motifs is 5. The fraction of sp³-hybridized carbons (Fsp3) is 0.560. The standard InChI is InChI=1S/C25H31FN10O15P2S/c1-8(2)47-25(40)44-7-54-53(43)46-4-10-15(11(26)21(49-10)35-5-29-12-17(35)31-23(27)33-19(12)38)50-52(41,42)45-3-9-14(37)16(51-53)22(48-9)36-6-30-13-18(36)32-24(28)34-20(13)39/h5-6,8-11,14-16,21-22,37H,3-4,7H2,1-2H3,(H,41,42)(H3,27,31,33,38)(H3,28,32,34,39). The number of phosphoric acid groups is 1. The number of phosphoric ester groups is 1. The van der Waals surface area contributed by atoms with Crippen LogP contribution in [-0.4, -0.2) is 117 Å². The van der Waals surface area contributed by atoms with Gasteiger partial charge in [-0.15, -0.1) is 0 Å². The number of carbonyl (C=O) groups excluding carboxylic acids is 1. The molecule has 0 aromatic carbocycles. The summed E-state index contributed by atoms with van der Waals surface area (Å²) in [6, 6.07) is 0. The van der Waals surface area contributed by atoms with Crippen LogP contribution >= 0.6 is 26.0 Å². The van der Waals surface area contributed by atoms with E-state index < -0.39 is 106 Å². The lowest BCUT2D eigenvalue weighted by molar-refractivity contribution is -0.0619. The maximum atomic E-state index is 16.3. The van der Waals surface area contributed by atoms with E-state index >= 15 is 4.39 Å². The van der Waals surface area contributed by atoms with Gasteiger partial charge in [0, 0.05) is 11.4 Å². The predicted molar refractivity (Wildman–Crippen MR) is 178 cm³/mol. The number of nitrogen functional groups attached to an aromatic ring is 2. The average Bonchev–Trinajstić information content (AvgIpc) is 3.84. The third-order valence-corrected chi connectivity index (χ3v) is 12.4. The summed E-state index contributed by atoms with van der Waals surface area (Å²) in [6.07, 6.45) is -13.9. The lowest BCUT2D eigenvalue weighted by Gasteiger charge is -2.27. The number of aromatic amines is 2. The van der Waals surface area contributed by atoms with E-state index in [4.69, 9.17) is 48.5 Å². The van der Waals surface area contributed by atoms with Gasteiger partial charge in [0.1, 0.15) is 30.5 Å². The van der Waals surface area contributed by atoms with E-state index in [2.05, 4.69) is 29.9 Å². The number of hydrogen-bond donors (Lipinski definition) is 6. The van der Waals surface area contributed by atoms with Gasteiger partial charge in [-0.25, -0.2) is 28.3 Å². The molecule has 4 aromatic rings. The Bertz CT molecular complexity index is 2290. The van der Waals surface area contributed by atoms with Crippen LogP contribution in [0.2, 0.25) is 0 Å². The van der Waals surface area contributed by atoms with Gasteiger partial charge in [0.25, 0.3) is 11.1 Å². The second-order valence-corrected chi connectivity index (χ2v) is 17.5. The van der Waals surface area contributed by atoms with Gasteiger partial charge in [0.15, 0.2) is 46.9 Å². The Labute approximate surface area is 303 Å². The number of rotatable bonds is 6. The van der Waals surface area contributed by atoms with Crippen molar-refractivity contribution in [3.63, 3.8) is 0 Å². The highest BCUT2D eigenvalue weighted by molar-refractivity contribution is 8.55. The molecule has 3 fully saturated rings. The Morgan fingerprint density at radius 3 is 2.17 bits per heavy atom. The second kappa shape index (κ2) is 14.6. The number of hydrogen-bond acceptors (Lipinski definition) is 21. The van der Waals surface area contributed by atoms with Crippen molar-refractivity contribution in [2.24, 2.45) is 0 Å². The Kier molecular flexibility index (Phi) is 10.3. The number of aromatic nitrogens is 8. The number of anilines is 2. The van der Waals surface area contributed by atoms with Gasteiger partial charge in [-0.2, -0.15) is 9.97 Å². The molecule has 25 nitrogen and oxygen atoms in total. The minimum absolute atomic E-state index is 0.156. The van der Waals surface area contributed by atoms with Gasteiger partial charge in [0.05, 0.1) is 32.0 Å². The van der Waals surface area contributed by atoms with E-state index in [9.17, 15) is 33.5 Å². The number of nitrogens with zero attached hydrogens (tertiary/aromatic N) is 6. The van der Waals surface area contributed by atoms with E-state index in [0.717, 1.165) is 21.8 Å². The predicted octanol–water partition coefficient (Wildman–Crippen LogP) is 0.189. The Morgan fingerprint density at radius 1 is 0.981 bits per heavy atom. The molecule has 0 saturated carbocycles. The Morgan fingerprint density at radius 2 is 1.56 bits per heavy atom. The van der Waals surface area contributed by atoms with Gasteiger partial charge >= 0.3 is 20.8 Å². The van der Waals surface area contributed by atoms with E-state index in [1.54, 1.807) is 13.8 Å². The van der Waals surface area contributed by atoms with Gasteiger partial charge < -0.3 is 40.4 Å². The molecule has 54 heavy (non-hydrogen) atoms. The number of nitrogens with two attached hydrogens (primary N) is 2. The number of alkyl halides is 1. The molecule has 10 unspecified atom stereocenters. The van der Waals surface area contributed by atoms with Gasteiger partial charge in [-0.1, -0.05) is 0 Å². The van der Waals surface area contributed by atoms with E-state index in [-0.39, 0.29) is 34.2 Å². The minimum Gasteiger partial charge on any atom is -0.432 e. The van der Waals surface area contributed by atoms with E-state index in [1.165, 1.54) is 0 Å². The molecule has 0 radical (unpaired) electrons. The van der Waals surface area contributed by atoms with Crippen molar-refractivity contribution >= 4 is 66.4 Å². The fourth-order valence-electron chi connectivity index (χ4n) is 5.76. The number of ether oxygens (including phenoxy) is 4. The van der Waals surface area contributed by atoms with Crippen molar-refractivity contribution in [2.75, 3.05) is 30.6 Å². The summed E-state index contributed by atoms with van der Waals surface area (Å²) in [5.41, 5.74) is 9.11. The van der Waals surface area contributed by atoms with Crippen molar-refractivity contribution in [1.29, 1.82) is 0 Å². The van der Waals surface area contributed by atoms with Crippen LogP contribution in [0.4, 0.5) is 21.1 Å². The zero-order valence-corrected chi connectivity index (χ0v) is 30.3. The summed E-state index contributed by atoms with van der Waals surface area (Å²) < 4.78 is 89.9. The van der Waals surface area contributed by atoms with E-state index in [0.29, 0.717) is 11.4 Å². The van der Waals surface area contributed by atoms with E-state index in [1.807, 2.05) is 0 Å². The number of aliphatic hydroxyl groups excluding tert-OH is 1. The fourth-order valence-corrected chi connectivity index (χ4v) is 9.48. The summed E-state index contributed by atoms with van der Waals surface area (Å²) in [4.78, 5) is 68.2. The third-order valence-electron chi connectivity index (χ3n) is 8.05. The van der Waals surface area contributed by atoms with Crippen molar-refractivity contribution in [3.05, 3.63) is 33.4 Å². The molecule has 3 saturated heterocycles. The van der Waals surface area contributed by atoms with Crippen LogP contribution in [0.1, 0.15) is 26.3 Å². The van der Waals surface area contributed by atoms with Crippen LogP contribution in [0.25, 0.3) is 22.3 Å². The summed E-state index contributed by atoms with van der Waals surface area (Å²) in [5, 5.41) is 11.4. The normalized spacial score (nSPS) is 33.3. The molecule has 7 rings (SSSR count). The van der Waals surface area contributed by atoms with Crippen LogP contribution in [0.5, 0.6) is 0 Å². The summed E-state index contributed by atoms with van der Waals surface area (Å²) in [5.74, 6) is -1.36. The maximum absolute atomic E-state index is 16.3. The highest BCUT2D eigenvalue weighted by Crippen LogP contribution is 2.64. The molecular formula is C25H31FN10O15P2S. The van der Waals surface area contributed by atoms with Crippen molar-refractivity contribution in [2.45, 2.75) is 69.1 Å². The van der Waals surface area contributed by atoms with Crippen molar-refractivity contribution in [3.8, 4) is 0 Å². The number of aliphatic hydroxyl groups is 1. The molecule has 29 heteroatoms. The van der Waals surface area contributed by atoms with Crippen LogP contribution in [0, 0.1) is 0 Å².